The fourth-order valence-electron chi connectivity index (χ4n) is 2.74. The van der Waals surface area contributed by atoms with Crippen molar-refractivity contribution in [1.82, 2.24) is 10.6 Å². The second-order valence-corrected chi connectivity index (χ2v) is 6.73. The van der Waals surface area contributed by atoms with E-state index in [1.165, 1.54) is 24.3 Å². The molecule has 2 amide bonds. The van der Waals surface area contributed by atoms with E-state index in [2.05, 4.69) is 10.6 Å². The minimum absolute atomic E-state index is 0.00655. The molecule has 0 saturated heterocycles. The molecule has 2 aromatic carbocycles. The van der Waals surface area contributed by atoms with Crippen LogP contribution < -0.4 is 10.6 Å². The molecule has 0 aliphatic carbocycles. The van der Waals surface area contributed by atoms with E-state index in [1.807, 2.05) is 0 Å². The molecular weight excluding hydrogens is 385 g/mol. The number of nitrogens with one attached hydrogen (secondary N) is 2. The maximum atomic E-state index is 12.6. The third-order valence-electron chi connectivity index (χ3n) is 4.37. The van der Waals surface area contributed by atoms with E-state index in [0.29, 0.717) is 30.6 Å². The van der Waals surface area contributed by atoms with Crippen LogP contribution in [0.25, 0.3) is 0 Å². The molecule has 0 saturated carbocycles. The summed E-state index contributed by atoms with van der Waals surface area (Å²) in [6, 6.07) is 10.8. The number of amides is 2. The maximum absolute atomic E-state index is 12.6. The predicted molar refractivity (Wildman–Crippen MR) is 103 cm³/mol. The number of phenols is 1. The Balaban J connectivity index is 1.68. The van der Waals surface area contributed by atoms with Crippen LogP contribution in [-0.4, -0.2) is 30.0 Å². The molecule has 0 aliphatic heterocycles. The lowest BCUT2D eigenvalue weighted by atomic mass is 9.96. The first kappa shape index (κ1) is 22.3. The zero-order chi connectivity index (χ0) is 21.4. The molecule has 0 spiro atoms. The molecule has 156 valence electrons. The molecule has 3 N–H and O–H groups in total. The van der Waals surface area contributed by atoms with Gasteiger partial charge in [-0.1, -0.05) is 25.1 Å². The Labute approximate surface area is 166 Å². The smallest absolute Gasteiger partial charge is 0.416 e. The second-order valence-electron chi connectivity index (χ2n) is 6.73. The number of hydrogen-bond donors (Lipinski definition) is 3. The molecule has 0 radical (unpaired) electrons. The third-order valence-corrected chi connectivity index (χ3v) is 4.37. The lowest BCUT2D eigenvalue weighted by Gasteiger charge is -2.14. The van der Waals surface area contributed by atoms with E-state index in [1.54, 1.807) is 19.1 Å². The number of rotatable bonds is 8. The molecule has 1 unspecified atom stereocenters. The predicted octanol–water partition coefficient (Wildman–Crippen LogP) is 3.84. The van der Waals surface area contributed by atoms with Gasteiger partial charge in [-0.05, 0) is 48.2 Å². The van der Waals surface area contributed by atoms with Gasteiger partial charge in [0.05, 0.1) is 5.56 Å². The van der Waals surface area contributed by atoms with Gasteiger partial charge in [-0.25, -0.2) is 0 Å². The largest absolute Gasteiger partial charge is 0.508 e. The number of alkyl halides is 3. The minimum Gasteiger partial charge on any atom is -0.508 e. The average Bonchev–Trinajstić information content (AvgIpc) is 2.67. The Morgan fingerprint density at radius 1 is 1.03 bits per heavy atom. The molecule has 0 fully saturated rings. The monoisotopic (exact) mass is 408 g/mol. The van der Waals surface area contributed by atoms with Gasteiger partial charge in [0, 0.05) is 25.1 Å². The molecule has 0 aliphatic rings. The summed E-state index contributed by atoms with van der Waals surface area (Å²) in [7, 11) is 0. The SMILES string of the molecule is CC(CC(=O)NCCCNC(=O)c1cccc(O)c1)c1ccc(C(F)(F)F)cc1. The second kappa shape index (κ2) is 9.95. The van der Waals surface area contributed by atoms with Crippen LogP contribution in [-0.2, 0) is 11.0 Å². The summed E-state index contributed by atoms with van der Waals surface area (Å²) in [6.07, 6.45) is -3.71. The third kappa shape index (κ3) is 7.14. The van der Waals surface area contributed by atoms with Crippen LogP contribution in [0.5, 0.6) is 5.75 Å². The Morgan fingerprint density at radius 2 is 1.69 bits per heavy atom. The number of halogens is 3. The van der Waals surface area contributed by atoms with Crippen molar-refractivity contribution in [3.63, 3.8) is 0 Å². The molecule has 2 aromatic rings. The van der Waals surface area contributed by atoms with Gasteiger partial charge in [-0.2, -0.15) is 13.2 Å². The maximum Gasteiger partial charge on any atom is 0.416 e. The molecular formula is C21H23F3N2O3. The number of phenolic OH excluding ortho intramolecular Hbond substituents is 1. The van der Waals surface area contributed by atoms with Gasteiger partial charge in [-0.15, -0.1) is 0 Å². The van der Waals surface area contributed by atoms with Crippen molar-refractivity contribution in [1.29, 1.82) is 0 Å². The van der Waals surface area contributed by atoms with E-state index in [-0.39, 0.29) is 29.9 Å². The first-order chi connectivity index (χ1) is 13.7. The molecule has 2 rings (SSSR count). The summed E-state index contributed by atoms with van der Waals surface area (Å²) in [5.41, 5.74) is 0.289. The quantitative estimate of drug-likeness (QED) is 0.581. The Kier molecular flexibility index (Phi) is 7.64. The molecule has 1 atom stereocenters. The number of aromatic hydroxyl groups is 1. The number of hydrogen-bond acceptors (Lipinski definition) is 3. The summed E-state index contributed by atoms with van der Waals surface area (Å²) < 4.78 is 37.8. The van der Waals surface area contributed by atoms with E-state index in [9.17, 15) is 27.9 Å². The van der Waals surface area contributed by atoms with Crippen LogP contribution in [0.3, 0.4) is 0 Å². The number of benzene rings is 2. The Morgan fingerprint density at radius 3 is 2.31 bits per heavy atom. The highest BCUT2D eigenvalue weighted by Gasteiger charge is 2.30. The summed E-state index contributed by atoms with van der Waals surface area (Å²) in [5, 5.41) is 14.8. The van der Waals surface area contributed by atoms with Crippen LogP contribution in [0.2, 0.25) is 0 Å². The summed E-state index contributed by atoms with van der Waals surface area (Å²) in [4.78, 5) is 23.9. The van der Waals surface area contributed by atoms with Crippen molar-refractivity contribution in [3.8, 4) is 5.75 Å². The summed E-state index contributed by atoms with van der Waals surface area (Å²) in [6.45, 7) is 2.49. The zero-order valence-electron chi connectivity index (χ0n) is 15.9. The van der Waals surface area contributed by atoms with Gasteiger partial charge in [-0.3, -0.25) is 9.59 Å². The van der Waals surface area contributed by atoms with Gasteiger partial charge >= 0.3 is 6.18 Å². The first-order valence-electron chi connectivity index (χ1n) is 9.18. The molecule has 0 bridgehead atoms. The summed E-state index contributed by atoms with van der Waals surface area (Å²) in [5.74, 6) is -0.741. The normalized spacial score (nSPS) is 12.3. The topological polar surface area (TPSA) is 78.4 Å². The van der Waals surface area contributed by atoms with Crippen molar-refractivity contribution in [3.05, 3.63) is 65.2 Å². The summed E-state index contributed by atoms with van der Waals surface area (Å²) >= 11 is 0. The Hall–Kier alpha value is -3.03. The van der Waals surface area contributed by atoms with Crippen molar-refractivity contribution < 1.29 is 27.9 Å². The van der Waals surface area contributed by atoms with Crippen LogP contribution in [0.1, 0.15) is 47.2 Å². The highest BCUT2D eigenvalue weighted by Crippen LogP contribution is 2.30. The highest BCUT2D eigenvalue weighted by molar-refractivity contribution is 5.94. The van der Waals surface area contributed by atoms with E-state index in [4.69, 9.17) is 0 Å². The van der Waals surface area contributed by atoms with Crippen molar-refractivity contribution in [2.24, 2.45) is 0 Å². The van der Waals surface area contributed by atoms with E-state index >= 15 is 0 Å². The lowest BCUT2D eigenvalue weighted by Crippen LogP contribution is -2.30. The van der Waals surface area contributed by atoms with Crippen LogP contribution >= 0.6 is 0 Å². The van der Waals surface area contributed by atoms with Crippen LogP contribution in [0.15, 0.2) is 48.5 Å². The van der Waals surface area contributed by atoms with E-state index in [0.717, 1.165) is 12.1 Å². The molecule has 8 heteroatoms. The molecule has 0 heterocycles. The van der Waals surface area contributed by atoms with Crippen molar-refractivity contribution >= 4 is 11.8 Å². The number of carbonyl (C=O) groups is 2. The van der Waals surface area contributed by atoms with Gasteiger partial charge in [0.25, 0.3) is 5.91 Å². The van der Waals surface area contributed by atoms with Gasteiger partial charge in [0.1, 0.15) is 5.75 Å². The highest BCUT2D eigenvalue weighted by atomic mass is 19.4. The van der Waals surface area contributed by atoms with Gasteiger partial charge in [0.2, 0.25) is 5.91 Å². The van der Waals surface area contributed by atoms with Crippen LogP contribution in [0, 0.1) is 0 Å². The minimum atomic E-state index is -4.38. The zero-order valence-corrected chi connectivity index (χ0v) is 15.9. The molecule has 29 heavy (non-hydrogen) atoms. The van der Waals surface area contributed by atoms with Crippen molar-refractivity contribution in [2.45, 2.75) is 31.9 Å². The standard InChI is InChI=1S/C21H23F3N2O3/c1-14(15-6-8-17(9-7-15)21(22,23)24)12-19(28)25-10-3-11-26-20(29)16-4-2-5-18(27)13-16/h2,4-9,13-14,27H,3,10-12H2,1H3,(H,25,28)(H,26,29). The molecule has 5 nitrogen and oxygen atoms in total. The fraction of sp³-hybridized carbons (Fsp3) is 0.333. The van der Waals surface area contributed by atoms with Crippen molar-refractivity contribution in [2.75, 3.05) is 13.1 Å². The van der Waals surface area contributed by atoms with Gasteiger partial charge < -0.3 is 15.7 Å². The Bertz CT molecular complexity index is 836. The fourth-order valence-corrected chi connectivity index (χ4v) is 2.74. The van der Waals surface area contributed by atoms with Gasteiger partial charge in [0.15, 0.2) is 0 Å². The van der Waals surface area contributed by atoms with E-state index < -0.39 is 11.7 Å². The lowest BCUT2D eigenvalue weighted by molar-refractivity contribution is -0.137. The average molecular weight is 408 g/mol. The first-order valence-corrected chi connectivity index (χ1v) is 9.18. The molecule has 0 aromatic heterocycles. The van der Waals surface area contributed by atoms with Crippen LogP contribution in [0.4, 0.5) is 13.2 Å². The number of carbonyl (C=O) groups excluding carboxylic acids is 2.